The van der Waals surface area contributed by atoms with Crippen LogP contribution in [-0.4, -0.2) is 35.6 Å². The van der Waals surface area contributed by atoms with Crippen molar-refractivity contribution in [3.05, 3.63) is 35.9 Å². The molecule has 1 aliphatic rings. The maximum absolute atomic E-state index is 9.42. The summed E-state index contributed by atoms with van der Waals surface area (Å²) < 4.78 is 10.7. The molecule has 0 aliphatic carbocycles. The molecule has 15 heavy (non-hydrogen) atoms. The van der Waals surface area contributed by atoms with E-state index in [-0.39, 0.29) is 13.2 Å². The van der Waals surface area contributed by atoms with Gasteiger partial charge in [0.1, 0.15) is 12.2 Å². The fourth-order valence-corrected chi connectivity index (χ4v) is 1.53. The molecule has 1 heterocycles. The minimum absolute atomic E-state index is 0.185. The van der Waals surface area contributed by atoms with Gasteiger partial charge in [0, 0.05) is 5.56 Å². The van der Waals surface area contributed by atoms with E-state index in [1.807, 2.05) is 30.3 Å². The number of ether oxygens (including phenoxy) is 2. The first-order valence-electron chi connectivity index (χ1n) is 4.92. The Kier molecular flexibility index (Phi) is 3.33. The summed E-state index contributed by atoms with van der Waals surface area (Å²) in [5.41, 5.74) is 0.892. The molecule has 3 atom stereocenters. The summed E-state index contributed by atoms with van der Waals surface area (Å²) >= 11 is 0. The van der Waals surface area contributed by atoms with Crippen LogP contribution >= 0.6 is 0 Å². The minimum atomic E-state index is -0.755. The highest BCUT2D eigenvalue weighted by molar-refractivity contribution is 5.16. The van der Waals surface area contributed by atoms with Gasteiger partial charge in [-0.25, -0.2) is 0 Å². The molecule has 82 valence electrons. The molecule has 1 unspecified atom stereocenters. The van der Waals surface area contributed by atoms with Crippen molar-refractivity contribution in [3.63, 3.8) is 0 Å². The van der Waals surface area contributed by atoms with Crippen molar-refractivity contribution in [2.45, 2.75) is 18.5 Å². The van der Waals surface area contributed by atoms with Crippen LogP contribution in [0.2, 0.25) is 0 Å². The van der Waals surface area contributed by atoms with Crippen molar-refractivity contribution in [1.29, 1.82) is 0 Å². The largest absolute Gasteiger partial charge is 0.394 e. The molecule has 0 spiro atoms. The third-order valence-corrected chi connectivity index (χ3v) is 2.40. The lowest BCUT2D eigenvalue weighted by Crippen LogP contribution is -2.42. The standard InChI is InChI=1S/C11H14O4/c12-6-10-9(13)7-14-11(15-10)8-4-2-1-3-5-8/h1-5,9-13H,6-7H2/t9-,10-,11?/m1/s1. The number of rotatable bonds is 2. The van der Waals surface area contributed by atoms with Crippen molar-refractivity contribution >= 4 is 0 Å². The topological polar surface area (TPSA) is 58.9 Å². The van der Waals surface area contributed by atoms with E-state index in [0.29, 0.717) is 0 Å². The highest BCUT2D eigenvalue weighted by Gasteiger charge is 2.30. The first kappa shape index (κ1) is 10.6. The van der Waals surface area contributed by atoms with E-state index in [4.69, 9.17) is 14.6 Å². The van der Waals surface area contributed by atoms with E-state index in [0.717, 1.165) is 5.56 Å². The van der Waals surface area contributed by atoms with E-state index in [2.05, 4.69) is 0 Å². The fraction of sp³-hybridized carbons (Fsp3) is 0.455. The van der Waals surface area contributed by atoms with Gasteiger partial charge in [-0.05, 0) is 0 Å². The van der Waals surface area contributed by atoms with Gasteiger partial charge in [-0.3, -0.25) is 0 Å². The van der Waals surface area contributed by atoms with E-state index < -0.39 is 18.5 Å². The Morgan fingerprint density at radius 3 is 2.67 bits per heavy atom. The molecule has 0 saturated carbocycles. The number of aliphatic hydroxyl groups excluding tert-OH is 2. The molecular formula is C11H14O4. The third-order valence-electron chi connectivity index (χ3n) is 2.40. The van der Waals surface area contributed by atoms with Crippen LogP contribution in [0.3, 0.4) is 0 Å². The normalized spacial score (nSPS) is 31.5. The first-order chi connectivity index (χ1) is 7.31. The van der Waals surface area contributed by atoms with Gasteiger partial charge < -0.3 is 19.7 Å². The van der Waals surface area contributed by atoms with Gasteiger partial charge in [0.25, 0.3) is 0 Å². The summed E-state index contributed by atoms with van der Waals surface area (Å²) in [4.78, 5) is 0. The van der Waals surface area contributed by atoms with Gasteiger partial charge in [0.05, 0.1) is 13.2 Å². The quantitative estimate of drug-likeness (QED) is 0.744. The van der Waals surface area contributed by atoms with Crippen LogP contribution in [0, 0.1) is 0 Å². The Morgan fingerprint density at radius 1 is 1.27 bits per heavy atom. The van der Waals surface area contributed by atoms with Crippen LogP contribution in [0.25, 0.3) is 0 Å². The number of hydrogen-bond donors (Lipinski definition) is 2. The minimum Gasteiger partial charge on any atom is -0.394 e. The van der Waals surface area contributed by atoms with Crippen molar-refractivity contribution < 1.29 is 19.7 Å². The molecule has 1 aromatic carbocycles. The third kappa shape index (κ3) is 2.35. The smallest absolute Gasteiger partial charge is 0.184 e. The lowest BCUT2D eigenvalue weighted by molar-refractivity contribution is -0.263. The van der Waals surface area contributed by atoms with Gasteiger partial charge in [-0.2, -0.15) is 0 Å². The molecule has 4 nitrogen and oxygen atoms in total. The predicted octanol–water partition coefficient (Wildman–Crippen LogP) is 0.454. The molecule has 0 bridgehead atoms. The van der Waals surface area contributed by atoms with Crippen LogP contribution in [0.1, 0.15) is 11.9 Å². The maximum atomic E-state index is 9.42. The first-order valence-corrected chi connectivity index (χ1v) is 4.92. The molecule has 1 aliphatic heterocycles. The van der Waals surface area contributed by atoms with Crippen LogP contribution < -0.4 is 0 Å². The lowest BCUT2D eigenvalue weighted by Gasteiger charge is -2.33. The molecule has 0 amide bonds. The van der Waals surface area contributed by atoms with E-state index in [1.165, 1.54) is 0 Å². The monoisotopic (exact) mass is 210 g/mol. The molecule has 1 saturated heterocycles. The molecular weight excluding hydrogens is 196 g/mol. The van der Waals surface area contributed by atoms with Gasteiger partial charge >= 0.3 is 0 Å². The Balaban J connectivity index is 2.06. The zero-order valence-corrected chi connectivity index (χ0v) is 8.24. The summed E-state index contributed by atoms with van der Waals surface area (Å²) in [6.07, 6.45) is -1.81. The molecule has 2 N–H and O–H groups in total. The number of benzene rings is 1. The van der Waals surface area contributed by atoms with Gasteiger partial charge in [0.15, 0.2) is 6.29 Å². The van der Waals surface area contributed by atoms with Crippen LogP contribution in [0.4, 0.5) is 0 Å². The molecule has 0 aromatic heterocycles. The number of hydrogen-bond acceptors (Lipinski definition) is 4. The van der Waals surface area contributed by atoms with E-state index in [1.54, 1.807) is 0 Å². The summed E-state index contributed by atoms with van der Waals surface area (Å²) in [5, 5.41) is 18.4. The van der Waals surface area contributed by atoms with Crippen LogP contribution in [0.5, 0.6) is 0 Å². The van der Waals surface area contributed by atoms with Crippen molar-refractivity contribution in [2.24, 2.45) is 0 Å². The maximum Gasteiger partial charge on any atom is 0.184 e. The van der Waals surface area contributed by atoms with Gasteiger partial charge in [-0.15, -0.1) is 0 Å². The molecule has 4 heteroatoms. The average Bonchev–Trinajstić information content (AvgIpc) is 2.31. The highest BCUT2D eigenvalue weighted by atomic mass is 16.7. The van der Waals surface area contributed by atoms with E-state index in [9.17, 15) is 5.11 Å². The van der Waals surface area contributed by atoms with Crippen molar-refractivity contribution in [3.8, 4) is 0 Å². The summed E-state index contributed by atoms with van der Waals surface area (Å²) in [6, 6.07) is 9.46. The van der Waals surface area contributed by atoms with Crippen LogP contribution in [0.15, 0.2) is 30.3 Å². The summed E-state index contributed by atoms with van der Waals surface area (Å²) in [6.45, 7) is -0.0152. The lowest BCUT2D eigenvalue weighted by atomic mass is 10.1. The summed E-state index contributed by atoms with van der Waals surface area (Å²) in [7, 11) is 0. The SMILES string of the molecule is OC[C@H]1OC(c2ccccc2)OC[C@H]1O. The highest BCUT2D eigenvalue weighted by Crippen LogP contribution is 2.25. The fourth-order valence-electron chi connectivity index (χ4n) is 1.53. The van der Waals surface area contributed by atoms with Crippen molar-refractivity contribution in [1.82, 2.24) is 0 Å². The predicted molar refractivity (Wildman–Crippen MR) is 53.1 cm³/mol. The number of aliphatic hydroxyl groups is 2. The molecule has 1 aromatic rings. The van der Waals surface area contributed by atoms with Crippen LogP contribution in [-0.2, 0) is 9.47 Å². The second-order valence-corrected chi connectivity index (χ2v) is 3.50. The Labute approximate surface area is 88.1 Å². The summed E-state index contributed by atoms with van der Waals surface area (Å²) in [5.74, 6) is 0. The second-order valence-electron chi connectivity index (χ2n) is 3.50. The van der Waals surface area contributed by atoms with Gasteiger partial charge in [0.2, 0.25) is 0 Å². The molecule has 1 fully saturated rings. The Bertz CT molecular complexity index is 301. The molecule has 0 radical (unpaired) electrons. The Hall–Kier alpha value is -0.940. The van der Waals surface area contributed by atoms with Gasteiger partial charge in [-0.1, -0.05) is 30.3 Å². The van der Waals surface area contributed by atoms with Crippen molar-refractivity contribution in [2.75, 3.05) is 13.2 Å². The zero-order chi connectivity index (χ0) is 10.7. The zero-order valence-electron chi connectivity index (χ0n) is 8.24. The average molecular weight is 210 g/mol. The second kappa shape index (κ2) is 4.72. The van der Waals surface area contributed by atoms with E-state index >= 15 is 0 Å². The molecule has 2 rings (SSSR count). The Morgan fingerprint density at radius 2 is 2.00 bits per heavy atom.